The molecule has 3 fully saturated rings. The van der Waals surface area contributed by atoms with Crippen molar-refractivity contribution >= 4 is 23.4 Å². The molecule has 11 heteroatoms. The highest BCUT2D eigenvalue weighted by atomic mass is 19.1. The van der Waals surface area contributed by atoms with E-state index in [1.807, 2.05) is 0 Å². The maximum atomic E-state index is 13.7. The van der Waals surface area contributed by atoms with Gasteiger partial charge in [-0.2, -0.15) is 0 Å². The number of Topliss-reactive ketones (excluding diaryl/α,β-unsaturated/α-hetero) is 2. The molecule has 3 aliphatic heterocycles. The largest absolute Gasteiger partial charge is 0.354 e. The number of carbonyl (C=O) groups excluding carboxylic acids is 4. The zero-order chi connectivity index (χ0) is 21.9. The number of nitrogens with one attached hydrogen (secondary N) is 1. The summed E-state index contributed by atoms with van der Waals surface area (Å²) in [5.41, 5.74) is -0.914. The Labute approximate surface area is 175 Å². The first kappa shape index (κ1) is 19.7. The molecule has 1 aliphatic carbocycles. The van der Waals surface area contributed by atoms with Crippen LogP contribution in [0.25, 0.3) is 0 Å². The first-order chi connectivity index (χ1) is 14.8. The number of amides is 2. The standard InChI is InChI=1S/C20H18F2N4O5/c21-13-5-23-6-14(22)11(13)4-24-19(29)12-7-25-8-15-26(9-1-2-10(3-9)31-15)20(30)16(25)18(28)17(12)27/h5-7,9-10,15-16H,1-4,8H2,(H,24,29)/t9-,10+,15+,16?/m0/s1. The number of ether oxygens (including phenoxy) is 1. The van der Waals surface area contributed by atoms with Gasteiger partial charge in [0.05, 0.1) is 25.0 Å². The molecule has 1 N–H and O–H groups in total. The second-order valence-electron chi connectivity index (χ2n) is 8.02. The number of pyridine rings is 1. The van der Waals surface area contributed by atoms with Crippen LogP contribution in [-0.2, 0) is 30.5 Å². The molecule has 0 aromatic carbocycles. The molecular weight excluding hydrogens is 414 g/mol. The highest BCUT2D eigenvalue weighted by Crippen LogP contribution is 2.38. The second kappa shape index (κ2) is 7.19. The van der Waals surface area contributed by atoms with E-state index in [4.69, 9.17) is 4.74 Å². The molecule has 1 unspecified atom stereocenters. The quantitative estimate of drug-likeness (QED) is 0.400. The van der Waals surface area contributed by atoms with E-state index >= 15 is 0 Å². The predicted octanol–water partition coefficient (Wildman–Crippen LogP) is -0.198. The lowest BCUT2D eigenvalue weighted by Gasteiger charge is -2.49. The van der Waals surface area contributed by atoms with E-state index in [1.54, 1.807) is 4.90 Å². The Morgan fingerprint density at radius 3 is 2.68 bits per heavy atom. The van der Waals surface area contributed by atoms with Crippen LogP contribution >= 0.6 is 0 Å². The molecule has 2 bridgehead atoms. The minimum atomic E-state index is -1.32. The molecule has 4 heterocycles. The highest BCUT2D eigenvalue weighted by Gasteiger charge is 2.54. The summed E-state index contributed by atoms with van der Waals surface area (Å²) in [5, 5.41) is 2.25. The topological polar surface area (TPSA) is 109 Å². The van der Waals surface area contributed by atoms with Gasteiger partial charge in [0.15, 0.2) is 12.3 Å². The molecule has 5 rings (SSSR count). The average Bonchev–Trinajstić information content (AvgIpc) is 3.10. The van der Waals surface area contributed by atoms with Crippen molar-refractivity contribution in [2.24, 2.45) is 0 Å². The number of ketones is 2. The van der Waals surface area contributed by atoms with Crippen molar-refractivity contribution in [3.8, 4) is 0 Å². The Bertz CT molecular complexity index is 1020. The van der Waals surface area contributed by atoms with E-state index in [2.05, 4.69) is 10.3 Å². The summed E-state index contributed by atoms with van der Waals surface area (Å²) in [4.78, 5) is 57.1. The number of nitrogens with zero attached hydrogens (tertiary/aromatic N) is 3. The van der Waals surface area contributed by atoms with E-state index in [1.165, 1.54) is 4.90 Å². The summed E-state index contributed by atoms with van der Waals surface area (Å²) < 4.78 is 33.4. The number of carbonyl (C=O) groups is 4. The molecule has 4 aliphatic rings. The third-order valence-electron chi connectivity index (χ3n) is 6.23. The van der Waals surface area contributed by atoms with Gasteiger partial charge in [-0.15, -0.1) is 0 Å². The van der Waals surface area contributed by atoms with E-state index in [0.717, 1.165) is 31.4 Å². The molecule has 9 nitrogen and oxygen atoms in total. The lowest BCUT2D eigenvalue weighted by molar-refractivity contribution is -0.191. The van der Waals surface area contributed by atoms with Crippen molar-refractivity contribution < 1.29 is 32.7 Å². The molecule has 1 aromatic heterocycles. The monoisotopic (exact) mass is 432 g/mol. The van der Waals surface area contributed by atoms with E-state index in [-0.39, 0.29) is 18.7 Å². The zero-order valence-corrected chi connectivity index (χ0v) is 16.2. The van der Waals surface area contributed by atoms with Gasteiger partial charge >= 0.3 is 0 Å². The number of hydrogen-bond acceptors (Lipinski definition) is 7. The molecule has 162 valence electrons. The van der Waals surface area contributed by atoms with Gasteiger partial charge in [-0.1, -0.05) is 0 Å². The van der Waals surface area contributed by atoms with Gasteiger partial charge in [-0.05, 0) is 19.3 Å². The van der Waals surface area contributed by atoms with Crippen LogP contribution in [0.3, 0.4) is 0 Å². The second-order valence-corrected chi connectivity index (χ2v) is 8.02. The molecule has 31 heavy (non-hydrogen) atoms. The first-order valence-corrected chi connectivity index (χ1v) is 9.95. The van der Waals surface area contributed by atoms with E-state index in [9.17, 15) is 28.0 Å². The van der Waals surface area contributed by atoms with Crippen molar-refractivity contribution in [3.63, 3.8) is 0 Å². The van der Waals surface area contributed by atoms with E-state index in [0.29, 0.717) is 6.42 Å². The highest BCUT2D eigenvalue weighted by molar-refractivity contribution is 6.53. The van der Waals surface area contributed by atoms with Crippen LogP contribution < -0.4 is 5.32 Å². The number of piperazine rings is 1. The fourth-order valence-corrected chi connectivity index (χ4v) is 4.74. The van der Waals surface area contributed by atoms with Gasteiger partial charge in [0.2, 0.25) is 11.6 Å². The van der Waals surface area contributed by atoms with Crippen LogP contribution in [0.5, 0.6) is 0 Å². The molecule has 1 saturated carbocycles. The zero-order valence-electron chi connectivity index (χ0n) is 16.2. The molecule has 1 aromatic rings. The Kier molecular flexibility index (Phi) is 4.58. The molecule has 0 spiro atoms. The molecule has 2 saturated heterocycles. The Morgan fingerprint density at radius 1 is 1.19 bits per heavy atom. The van der Waals surface area contributed by atoms with Crippen molar-refractivity contribution in [3.05, 3.63) is 41.4 Å². The minimum Gasteiger partial charge on any atom is -0.354 e. The number of fused-ring (bicyclic) bond motifs is 5. The SMILES string of the molecule is O=C(NCc1c(F)cncc1F)C1=CN2C[C@H]3O[C@@H]4CC[C@@H](C4)N3C(=O)C2C(=O)C1=O. The van der Waals surface area contributed by atoms with Gasteiger partial charge < -0.3 is 19.9 Å². The summed E-state index contributed by atoms with van der Waals surface area (Å²) >= 11 is 0. The van der Waals surface area contributed by atoms with E-state index < -0.39 is 65.0 Å². The van der Waals surface area contributed by atoms with Crippen LogP contribution in [0.4, 0.5) is 8.78 Å². The van der Waals surface area contributed by atoms with Crippen LogP contribution in [-0.4, -0.2) is 69.1 Å². The number of halogens is 2. The Balaban J connectivity index is 1.37. The third kappa shape index (κ3) is 3.11. The van der Waals surface area contributed by atoms with Crippen molar-refractivity contribution in [2.75, 3.05) is 6.54 Å². The van der Waals surface area contributed by atoms with Crippen molar-refractivity contribution in [1.82, 2.24) is 20.1 Å². The average molecular weight is 432 g/mol. The fraction of sp³-hybridized carbons (Fsp3) is 0.450. The summed E-state index contributed by atoms with van der Waals surface area (Å²) in [6.07, 6.45) is 4.58. The fourth-order valence-electron chi connectivity index (χ4n) is 4.74. The van der Waals surface area contributed by atoms with Crippen LogP contribution in [0.15, 0.2) is 24.2 Å². The van der Waals surface area contributed by atoms with Crippen LogP contribution in [0, 0.1) is 11.6 Å². The van der Waals surface area contributed by atoms with Crippen molar-refractivity contribution in [1.29, 1.82) is 0 Å². The summed E-state index contributed by atoms with van der Waals surface area (Å²) in [6.45, 7) is -0.393. The number of rotatable bonds is 3. The number of hydrogen-bond donors (Lipinski definition) is 1. The third-order valence-corrected chi connectivity index (χ3v) is 6.23. The van der Waals surface area contributed by atoms with Gasteiger partial charge in [0, 0.05) is 24.4 Å². The Hall–Kier alpha value is -3.21. The van der Waals surface area contributed by atoms with Crippen LogP contribution in [0.2, 0.25) is 0 Å². The maximum absolute atomic E-state index is 13.7. The van der Waals surface area contributed by atoms with Gasteiger partial charge in [0.25, 0.3) is 11.8 Å². The van der Waals surface area contributed by atoms with Gasteiger partial charge in [-0.25, -0.2) is 8.78 Å². The summed E-state index contributed by atoms with van der Waals surface area (Å²) in [5.74, 6) is -5.48. The molecule has 2 amide bonds. The number of aromatic nitrogens is 1. The smallest absolute Gasteiger partial charge is 0.257 e. The van der Waals surface area contributed by atoms with Gasteiger partial charge in [0.1, 0.15) is 17.2 Å². The summed E-state index contributed by atoms with van der Waals surface area (Å²) in [7, 11) is 0. The summed E-state index contributed by atoms with van der Waals surface area (Å²) in [6, 6.07) is -1.34. The molecular formula is C20H18F2N4O5. The molecule has 4 atom stereocenters. The molecule has 0 radical (unpaired) electrons. The minimum absolute atomic E-state index is 0.0138. The predicted molar refractivity (Wildman–Crippen MR) is 97.7 cm³/mol. The first-order valence-electron chi connectivity index (χ1n) is 9.95. The van der Waals surface area contributed by atoms with Crippen molar-refractivity contribution in [2.45, 2.75) is 50.2 Å². The van der Waals surface area contributed by atoms with Crippen LogP contribution in [0.1, 0.15) is 24.8 Å². The Morgan fingerprint density at radius 2 is 1.94 bits per heavy atom. The lowest BCUT2D eigenvalue weighted by atomic mass is 9.92. The lowest BCUT2D eigenvalue weighted by Crippen LogP contribution is -2.69. The maximum Gasteiger partial charge on any atom is 0.257 e. The van der Waals surface area contributed by atoms with Gasteiger partial charge in [-0.3, -0.25) is 24.2 Å². The normalized spacial score (nSPS) is 29.5.